The van der Waals surface area contributed by atoms with Gasteiger partial charge in [0.05, 0.1) is 17.1 Å². The summed E-state index contributed by atoms with van der Waals surface area (Å²) in [4.78, 5) is 18.4. The average molecular weight is 458 g/mol. The molecule has 1 aliphatic heterocycles. The van der Waals surface area contributed by atoms with E-state index in [-0.39, 0.29) is 18.3 Å². The number of rotatable bonds is 7. The van der Waals surface area contributed by atoms with E-state index >= 15 is 0 Å². The first-order valence-corrected chi connectivity index (χ1v) is 12.5. The third kappa shape index (κ3) is 4.88. The van der Waals surface area contributed by atoms with E-state index in [1.165, 1.54) is 11.3 Å². The van der Waals surface area contributed by atoms with E-state index < -0.39 is 10.0 Å². The van der Waals surface area contributed by atoms with Gasteiger partial charge in [0.2, 0.25) is 10.0 Å². The van der Waals surface area contributed by atoms with Gasteiger partial charge in [0.25, 0.3) is 5.91 Å². The smallest absolute Gasteiger partial charge is 0.265 e. The van der Waals surface area contributed by atoms with Gasteiger partial charge in [-0.15, -0.1) is 11.3 Å². The van der Waals surface area contributed by atoms with Gasteiger partial charge in [-0.25, -0.2) is 13.4 Å². The van der Waals surface area contributed by atoms with Gasteiger partial charge in [0.1, 0.15) is 5.75 Å². The summed E-state index contributed by atoms with van der Waals surface area (Å²) in [5.41, 5.74) is 3.93. The van der Waals surface area contributed by atoms with Gasteiger partial charge >= 0.3 is 0 Å². The molecular formula is C22H23N3O4S2. The molecule has 1 aromatic heterocycles. The molecule has 9 heteroatoms. The van der Waals surface area contributed by atoms with Gasteiger partial charge in [-0.1, -0.05) is 36.8 Å². The molecule has 0 radical (unpaired) electrons. The van der Waals surface area contributed by atoms with Crippen molar-refractivity contribution >= 4 is 38.1 Å². The quantitative estimate of drug-likeness (QED) is 0.575. The molecule has 4 rings (SSSR count). The predicted octanol–water partition coefficient (Wildman–Crippen LogP) is 4.20. The lowest BCUT2D eigenvalue weighted by atomic mass is 10.1. The van der Waals surface area contributed by atoms with Crippen LogP contribution in [0.2, 0.25) is 0 Å². The third-order valence-corrected chi connectivity index (χ3v) is 6.97. The number of aromatic nitrogens is 1. The molecule has 31 heavy (non-hydrogen) atoms. The topological polar surface area (TPSA) is 88.6 Å². The highest BCUT2D eigenvalue weighted by Gasteiger charge is 2.25. The fourth-order valence-electron chi connectivity index (χ4n) is 3.36. The molecule has 0 spiro atoms. The maximum atomic E-state index is 12.5. The highest BCUT2D eigenvalue weighted by atomic mass is 32.2. The Bertz CT molecular complexity index is 1200. The molecule has 0 bridgehead atoms. The van der Waals surface area contributed by atoms with Gasteiger partial charge in [-0.2, -0.15) is 0 Å². The fourth-order valence-corrected chi connectivity index (χ4v) is 5.51. The van der Waals surface area contributed by atoms with Crippen LogP contribution in [0.25, 0.3) is 11.3 Å². The number of carbonyl (C=O) groups is 1. The summed E-state index contributed by atoms with van der Waals surface area (Å²) in [5, 5.41) is 2.10. The number of nitrogens with zero attached hydrogens (tertiary/aromatic N) is 2. The summed E-state index contributed by atoms with van der Waals surface area (Å²) in [7, 11) is -3.58. The fraction of sp³-hybridized carbons (Fsp3) is 0.273. The second-order valence-corrected chi connectivity index (χ2v) is 9.98. The zero-order chi connectivity index (χ0) is 22.0. The third-order valence-electron chi connectivity index (χ3n) is 4.87. The van der Waals surface area contributed by atoms with Crippen molar-refractivity contribution in [3.05, 3.63) is 59.0 Å². The lowest BCUT2D eigenvalue weighted by molar-refractivity contribution is -0.121. The van der Waals surface area contributed by atoms with E-state index in [0.717, 1.165) is 17.5 Å². The molecule has 0 fully saturated rings. The molecule has 1 N–H and O–H groups in total. The number of sulfonamides is 1. The molecule has 3 aromatic rings. The van der Waals surface area contributed by atoms with Crippen molar-refractivity contribution in [1.82, 2.24) is 4.98 Å². The molecule has 0 saturated heterocycles. The van der Waals surface area contributed by atoms with Crippen LogP contribution in [0.1, 0.15) is 24.5 Å². The maximum absolute atomic E-state index is 12.5. The summed E-state index contributed by atoms with van der Waals surface area (Å²) >= 11 is 1.22. The number of anilines is 2. The molecule has 2 aromatic carbocycles. The van der Waals surface area contributed by atoms with Gasteiger partial charge in [0, 0.05) is 17.5 Å². The summed E-state index contributed by atoms with van der Waals surface area (Å²) < 4.78 is 33.2. The van der Waals surface area contributed by atoms with Crippen LogP contribution in [0, 0.1) is 6.92 Å². The lowest BCUT2D eigenvalue weighted by Gasteiger charge is -2.29. The van der Waals surface area contributed by atoms with E-state index in [1.54, 1.807) is 22.4 Å². The van der Waals surface area contributed by atoms with Gasteiger partial charge in [0.15, 0.2) is 11.7 Å². The van der Waals surface area contributed by atoms with Crippen LogP contribution >= 0.6 is 11.3 Å². The van der Waals surface area contributed by atoms with E-state index in [9.17, 15) is 13.2 Å². The average Bonchev–Trinajstić information content (AvgIpc) is 3.19. The molecule has 0 atom stereocenters. The first-order chi connectivity index (χ1) is 14.8. The van der Waals surface area contributed by atoms with Crippen molar-refractivity contribution in [3.63, 3.8) is 0 Å². The van der Waals surface area contributed by atoms with E-state index in [1.807, 2.05) is 44.2 Å². The minimum Gasteiger partial charge on any atom is -0.482 e. The largest absolute Gasteiger partial charge is 0.482 e. The SMILES string of the molecule is CCCN1C(=O)COc2ccc(-c3csc(NS(=O)(=O)Cc4ccc(C)cc4)n3)cc21. The molecule has 2 heterocycles. The molecule has 1 aliphatic rings. The van der Waals surface area contributed by atoms with Gasteiger partial charge in [-0.05, 0) is 37.1 Å². The summed E-state index contributed by atoms with van der Waals surface area (Å²) in [5.74, 6) is 0.465. The zero-order valence-corrected chi connectivity index (χ0v) is 18.9. The number of nitrogens with one attached hydrogen (secondary N) is 1. The Morgan fingerprint density at radius 1 is 1.19 bits per heavy atom. The zero-order valence-electron chi connectivity index (χ0n) is 17.3. The van der Waals surface area contributed by atoms with Crippen LogP contribution in [-0.2, 0) is 20.6 Å². The highest BCUT2D eigenvalue weighted by Crippen LogP contribution is 2.37. The first-order valence-electron chi connectivity index (χ1n) is 9.94. The molecular weight excluding hydrogens is 434 g/mol. The Labute approximate surface area is 185 Å². The Balaban J connectivity index is 1.53. The minimum atomic E-state index is -3.58. The highest BCUT2D eigenvalue weighted by molar-refractivity contribution is 7.92. The Kier molecular flexibility index (Phi) is 5.97. The van der Waals surface area contributed by atoms with E-state index in [0.29, 0.717) is 34.4 Å². The number of hydrogen-bond acceptors (Lipinski definition) is 6. The number of fused-ring (bicyclic) bond motifs is 1. The normalized spacial score (nSPS) is 13.6. The molecule has 0 unspecified atom stereocenters. The van der Waals surface area contributed by atoms with Crippen molar-refractivity contribution in [1.29, 1.82) is 0 Å². The molecule has 1 amide bonds. The summed E-state index contributed by atoms with van der Waals surface area (Å²) in [6.45, 7) is 4.62. The predicted molar refractivity (Wildman–Crippen MR) is 123 cm³/mol. The maximum Gasteiger partial charge on any atom is 0.265 e. The number of hydrogen-bond donors (Lipinski definition) is 1. The van der Waals surface area contributed by atoms with Crippen LogP contribution in [0.4, 0.5) is 10.8 Å². The van der Waals surface area contributed by atoms with Crippen LogP contribution in [0.3, 0.4) is 0 Å². The summed E-state index contributed by atoms with van der Waals surface area (Å²) in [6.07, 6.45) is 0.832. The molecule has 7 nitrogen and oxygen atoms in total. The first kappa shape index (κ1) is 21.3. The monoisotopic (exact) mass is 457 g/mol. The number of amides is 1. The number of ether oxygens (including phenoxy) is 1. The van der Waals surface area contributed by atoms with Crippen molar-refractivity contribution < 1.29 is 17.9 Å². The van der Waals surface area contributed by atoms with Crippen molar-refractivity contribution in [2.24, 2.45) is 0 Å². The van der Waals surface area contributed by atoms with Crippen LogP contribution < -0.4 is 14.4 Å². The standard InChI is InChI=1S/C22H23N3O4S2/c1-3-10-25-19-11-17(8-9-20(19)29-12-21(25)26)18-13-30-22(23-18)24-31(27,28)14-16-6-4-15(2)5-7-16/h4-9,11,13H,3,10,12,14H2,1-2H3,(H,23,24). The molecule has 162 valence electrons. The number of carbonyl (C=O) groups excluding carboxylic acids is 1. The summed E-state index contributed by atoms with van der Waals surface area (Å²) in [6, 6.07) is 12.9. The Morgan fingerprint density at radius 2 is 1.97 bits per heavy atom. The second-order valence-electron chi connectivity index (χ2n) is 7.40. The Hall–Kier alpha value is -2.91. The van der Waals surface area contributed by atoms with Crippen LogP contribution in [0.15, 0.2) is 47.8 Å². The number of aryl methyl sites for hydroxylation is 1. The van der Waals surface area contributed by atoms with E-state index in [4.69, 9.17) is 4.74 Å². The van der Waals surface area contributed by atoms with Crippen molar-refractivity contribution in [2.45, 2.75) is 26.0 Å². The van der Waals surface area contributed by atoms with Crippen LogP contribution in [-0.4, -0.2) is 32.5 Å². The van der Waals surface area contributed by atoms with Crippen molar-refractivity contribution in [3.8, 4) is 17.0 Å². The number of benzene rings is 2. The minimum absolute atomic E-state index is 0.0377. The molecule has 0 saturated carbocycles. The van der Waals surface area contributed by atoms with Gasteiger partial charge < -0.3 is 9.64 Å². The van der Waals surface area contributed by atoms with Gasteiger partial charge in [-0.3, -0.25) is 9.52 Å². The second kappa shape index (κ2) is 8.68. The van der Waals surface area contributed by atoms with Crippen LogP contribution in [0.5, 0.6) is 5.75 Å². The number of thiazole rings is 1. The molecule has 0 aliphatic carbocycles. The Morgan fingerprint density at radius 3 is 2.71 bits per heavy atom. The van der Waals surface area contributed by atoms with E-state index in [2.05, 4.69) is 9.71 Å². The lowest BCUT2D eigenvalue weighted by Crippen LogP contribution is -2.39. The van der Waals surface area contributed by atoms with Crippen molar-refractivity contribution in [2.75, 3.05) is 22.8 Å².